The minimum Gasteiger partial charge on any atom is -0.381 e. The molecule has 0 amide bonds. The molecule has 1 aliphatic carbocycles. The molecule has 0 N–H and O–H groups in total. The van der Waals surface area contributed by atoms with Gasteiger partial charge in [-0.05, 0) is 49.5 Å². The molecule has 3 fully saturated rings. The Morgan fingerprint density at radius 1 is 1.13 bits per heavy atom. The van der Waals surface area contributed by atoms with Gasteiger partial charge in [-0.25, -0.2) is 9.97 Å². The van der Waals surface area contributed by atoms with Crippen LogP contribution in [0.3, 0.4) is 0 Å². The minimum atomic E-state index is 0.396. The molecule has 0 radical (unpaired) electrons. The molecule has 4 rings (SSSR count). The number of hydrogen-bond acceptors (Lipinski definition) is 5. The molecule has 2 saturated heterocycles. The van der Waals surface area contributed by atoms with Gasteiger partial charge in [0.1, 0.15) is 0 Å². The van der Waals surface area contributed by atoms with Crippen LogP contribution < -0.4 is 4.90 Å². The SMILES string of the molecule is c1cnc(N2CCC3(CCOCC3COCC3CC3)CC2)nc1. The lowest BCUT2D eigenvalue weighted by molar-refractivity contribution is -0.0872. The largest absolute Gasteiger partial charge is 0.381 e. The summed E-state index contributed by atoms with van der Waals surface area (Å²) < 4.78 is 11.8. The second kappa shape index (κ2) is 6.73. The summed E-state index contributed by atoms with van der Waals surface area (Å²) in [5, 5.41) is 0. The van der Waals surface area contributed by atoms with Crippen molar-refractivity contribution in [2.75, 3.05) is 44.4 Å². The van der Waals surface area contributed by atoms with Gasteiger partial charge in [-0.2, -0.15) is 0 Å². The first-order valence-corrected chi connectivity index (χ1v) is 9.03. The summed E-state index contributed by atoms with van der Waals surface area (Å²) in [5.74, 6) is 2.26. The summed E-state index contributed by atoms with van der Waals surface area (Å²) in [7, 11) is 0. The van der Waals surface area contributed by atoms with Crippen molar-refractivity contribution in [1.82, 2.24) is 9.97 Å². The van der Waals surface area contributed by atoms with Crippen molar-refractivity contribution in [1.29, 1.82) is 0 Å². The summed E-state index contributed by atoms with van der Waals surface area (Å²) in [4.78, 5) is 11.1. The van der Waals surface area contributed by atoms with Gasteiger partial charge < -0.3 is 14.4 Å². The van der Waals surface area contributed by atoms with E-state index in [2.05, 4.69) is 14.9 Å². The summed E-state index contributed by atoms with van der Waals surface area (Å²) in [5.41, 5.74) is 0.396. The average Bonchev–Trinajstić information content (AvgIpc) is 3.43. The number of piperidine rings is 1. The van der Waals surface area contributed by atoms with E-state index in [4.69, 9.17) is 9.47 Å². The molecular weight excluding hydrogens is 290 g/mol. The van der Waals surface area contributed by atoms with E-state index in [9.17, 15) is 0 Å². The third-order valence-electron chi connectivity index (χ3n) is 5.89. The number of ether oxygens (including phenoxy) is 2. The first kappa shape index (κ1) is 15.3. The van der Waals surface area contributed by atoms with Gasteiger partial charge in [0.25, 0.3) is 0 Å². The van der Waals surface area contributed by atoms with E-state index in [0.29, 0.717) is 11.3 Å². The Kier molecular flexibility index (Phi) is 4.49. The standard InChI is InChI=1S/C18H27N3O2/c1-7-19-17(20-8-1)21-9-4-18(5-10-21)6-11-22-13-16(18)14-23-12-15-2-3-15/h1,7-8,15-16H,2-6,9-14H2. The van der Waals surface area contributed by atoms with Crippen LogP contribution in [0.4, 0.5) is 5.95 Å². The predicted molar refractivity (Wildman–Crippen MR) is 88.4 cm³/mol. The van der Waals surface area contributed by atoms with Gasteiger partial charge in [0.2, 0.25) is 5.95 Å². The maximum Gasteiger partial charge on any atom is 0.225 e. The fourth-order valence-electron chi connectivity index (χ4n) is 4.03. The van der Waals surface area contributed by atoms with Gasteiger partial charge >= 0.3 is 0 Å². The Bertz CT molecular complexity index is 498. The highest BCUT2D eigenvalue weighted by atomic mass is 16.5. The Hall–Kier alpha value is -1.20. The smallest absolute Gasteiger partial charge is 0.225 e. The maximum absolute atomic E-state index is 6.02. The molecule has 0 bridgehead atoms. The fourth-order valence-corrected chi connectivity index (χ4v) is 4.03. The topological polar surface area (TPSA) is 47.5 Å². The maximum atomic E-state index is 6.02. The molecule has 3 aliphatic rings. The summed E-state index contributed by atoms with van der Waals surface area (Å²) in [6, 6.07) is 1.88. The Morgan fingerprint density at radius 3 is 2.65 bits per heavy atom. The van der Waals surface area contributed by atoms with E-state index in [1.807, 2.05) is 18.5 Å². The lowest BCUT2D eigenvalue weighted by Crippen LogP contribution is -2.49. The zero-order chi connectivity index (χ0) is 15.5. The zero-order valence-corrected chi connectivity index (χ0v) is 13.8. The molecule has 1 spiro atoms. The van der Waals surface area contributed by atoms with Crippen molar-refractivity contribution in [3.63, 3.8) is 0 Å². The van der Waals surface area contributed by atoms with Crippen LogP contribution in [0.5, 0.6) is 0 Å². The average molecular weight is 317 g/mol. The summed E-state index contributed by atoms with van der Waals surface area (Å²) in [6.07, 6.45) is 9.95. The second-order valence-corrected chi connectivity index (χ2v) is 7.40. The number of hydrogen-bond donors (Lipinski definition) is 0. The van der Waals surface area contributed by atoms with Crippen molar-refractivity contribution >= 4 is 5.95 Å². The van der Waals surface area contributed by atoms with Crippen LogP contribution >= 0.6 is 0 Å². The Balaban J connectivity index is 1.36. The molecule has 1 aromatic rings. The highest BCUT2D eigenvalue weighted by Crippen LogP contribution is 2.45. The fraction of sp³-hybridized carbons (Fsp3) is 0.778. The minimum absolute atomic E-state index is 0.396. The third kappa shape index (κ3) is 3.50. The Labute approximate surface area is 138 Å². The first-order valence-electron chi connectivity index (χ1n) is 9.03. The van der Waals surface area contributed by atoms with Crippen molar-refractivity contribution in [3.8, 4) is 0 Å². The van der Waals surface area contributed by atoms with Crippen LogP contribution in [0.15, 0.2) is 18.5 Å². The number of rotatable bonds is 5. The van der Waals surface area contributed by atoms with E-state index in [-0.39, 0.29) is 0 Å². The monoisotopic (exact) mass is 317 g/mol. The third-order valence-corrected chi connectivity index (χ3v) is 5.89. The van der Waals surface area contributed by atoms with E-state index >= 15 is 0 Å². The van der Waals surface area contributed by atoms with Gasteiger partial charge in [-0.15, -0.1) is 0 Å². The molecule has 3 heterocycles. The second-order valence-electron chi connectivity index (χ2n) is 7.40. The van der Waals surface area contributed by atoms with Gasteiger partial charge in [-0.3, -0.25) is 0 Å². The van der Waals surface area contributed by atoms with E-state index in [1.54, 1.807) is 0 Å². The molecule has 1 unspecified atom stereocenters. The molecule has 5 nitrogen and oxygen atoms in total. The van der Waals surface area contributed by atoms with Crippen LogP contribution in [0.25, 0.3) is 0 Å². The molecule has 5 heteroatoms. The Morgan fingerprint density at radius 2 is 1.91 bits per heavy atom. The molecule has 23 heavy (non-hydrogen) atoms. The van der Waals surface area contributed by atoms with E-state index in [1.165, 1.54) is 32.1 Å². The van der Waals surface area contributed by atoms with Gasteiger partial charge in [0, 0.05) is 44.6 Å². The zero-order valence-electron chi connectivity index (χ0n) is 13.8. The van der Waals surface area contributed by atoms with Gasteiger partial charge in [0.05, 0.1) is 13.2 Å². The molecule has 126 valence electrons. The van der Waals surface area contributed by atoms with Crippen LogP contribution in [0.2, 0.25) is 0 Å². The molecule has 0 aromatic carbocycles. The number of nitrogens with zero attached hydrogens (tertiary/aromatic N) is 3. The molecule has 1 atom stereocenters. The van der Waals surface area contributed by atoms with Crippen molar-refractivity contribution in [2.45, 2.75) is 32.1 Å². The van der Waals surface area contributed by atoms with Crippen molar-refractivity contribution in [3.05, 3.63) is 18.5 Å². The molecule has 1 aromatic heterocycles. The van der Waals surface area contributed by atoms with E-state index in [0.717, 1.165) is 51.4 Å². The van der Waals surface area contributed by atoms with Crippen LogP contribution in [-0.4, -0.2) is 49.5 Å². The highest BCUT2D eigenvalue weighted by Gasteiger charge is 2.44. The molecule has 2 aliphatic heterocycles. The molecule has 1 saturated carbocycles. The van der Waals surface area contributed by atoms with Crippen molar-refractivity contribution < 1.29 is 9.47 Å². The van der Waals surface area contributed by atoms with Crippen molar-refractivity contribution in [2.24, 2.45) is 17.3 Å². The van der Waals surface area contributed by atoms with E-state index < -0.39 is 0 Å². The summed E-state index contributed by atoms with van der Waals surface area (Å²) >= 11 is 0. The highest BCUT2D eigenvalue weighted by molar-refractivity contribution is 5.29. The normalized spacial score (nSPS) is 27.3. The number of anilines is 1. The lowest BCUT2D eigenvalue weighted by Gasteiger charge is -2.49. The van der Waals surface area contributed by atoms with Gasteiger partial charge in [0.15, 0.2) is 0 Å². The lowest BCUT2D eigenvalue weighted by atomic mass is 9.66. The quantitative estimate of drug-likeness (QED) is 0.835. The van der Waals surface area contributed by atoms with Crippen LogP contribution in [0, 0.1) is 17.3 Å². The first-order chi connectivity index (χ1) is 11.4. The summed E-state index contributed by atoms with van der Waals surface area (Å²) in [6.45, 7) is 5.69. The predicted octanol–water partition coefficient (Wildman–Crippen LogP) is 2.53. The number of aromatic nitrogens is 2. The van der Waals surface area contributed by atoms with Crippen LogP contribution in [-0.2, 0) is 9.47 Å². The van der Waals surface area contributed by atoms with Crippen LogP contribution in [0.1, 0.15) is 32.1 Å². The van der Waals surface area contributed by atoms with Gasteiger partial charge in [-0.1, -0.05) is 0 Å². The molecular formula is C18H27N3O2.